The Bertz CT molecular complexity index is 494. The molecule has 4 nitrogen and oxygen atoms in total. The van der Waals surface area contributed by atoms with Crippen LogP contribution in [0, 0.1) is 0 Å². The van der Waals surface area contributed by atoms with Crippen LogP contribution in [0.4, 0.5) is 5.69 Å². The first-order valence-electron chi connectivity index (χ1n) is 6.96. The molecular formula is C15H21N3O. The van der Waals surface area contributed by atoms with Crippen LogP contribution in [0.15, 0.2) is 18.2 Å². The molecule has 2 heterocycles. The molecule has 19 heavy (non-hydrogen) atoms. The van der Waals surface area contributed by atoms with Crippen molar-refractivity contribution in [2.24, 2.45) is 0 Å². The first kappa shape index (κ1) is 12.5. The maximum Gasteiger partial charge on any atom is 0.219 e. The molecule has 2 aliphatic rings. The molecule has 0 atom stereocenters. The molecule has 0 aromatic heterocycles. The molecule has 0 unspecified atom stereocenters. The number of carbonyl (C=O) groups excluding carboxylic acids is 1. The van der Waals surface area contributed by atoms with Gasteiger partial charge in [0.25, 0.3) is 0 Å². The average molecular weight is 259 g/mol. The van der Waals surface area contributed by atoms with Crippen LogP contribution in [-0.2, 0) is 17.8 Å². The lowest BCUT2D eigenvalue weighted by atomic mass is 9.97. The summed E-state index contributed by atoms with van der Waals surface area (Å²) in [6.45, 7) is 5.37. The minimum absolute atomic E-state index is 0.182. The van der Waals surface area contributed by atoms with Gasteiger partial charge in [-0.1, -0.05) is 12.1 Å². The number of nitrogens with one attached hydrogen (secondary N) is 1. The standard InChI is InChI=1S/C15H21N3O/c1-11(19)18-9-13(10-18)17(2)15-5-3-4-12-6-7-16-8-14(12)15/h3-5,13,16H,6-10H2,1-2H3. The maximum absolute atomic E-state index is 11.3. The Kier molecular flexibility index (Phi) is 3.19. The topological polar surface area (TPSA) is 35.6 Å². The van der Waals surface area contributed by atoms with Gasteiger partial charge >= 0.3 is 0 Å². The third-order valence-electron chi connectivity index (χ3n) is 4.36. The van der Waals surface area contributed by atoms with E-state index >= 15 is 0 Å². The number of amides is 1. The highest BCUT2D eigenvalue weighted by Crippen LogP contribution is 2.29. The van der Waals surface area contributed by atoms with Crippen molar-refractivity contribution in [2.75, 3.05) is 31.6 Å². The molecule has 1 saturated heterocycles. The number of likely N-dealkylation sites (tertiary alicyclic amines) is 1. The molecule has 4 heteroatoms. The zero-order valence-electron chi connectivity index (χ0n) is 11.6. The highest BCUT2D eigenvalue weighted by molar-refractivity contribution is 5.74. The molecular weight excluding hydrogens is 238 g/mol. The molecule has 1 aromatic rings. The number of fused-ring (bicyclic) bond motifs is 1. The monoisotopic (exact) mass is 259 g/mol. The molecule has 102 valence electrons. The van der Waals surface area contributed by atoms with E-state index in [1.165, 1.54) is 16.8 Å². The zero-order valence-corrected chi connectivity index (χ0v) is 11.6. The molecule has 1 amide bonds. The highest BCUT2D eigenvalue weighted by Gasteiger charge is 2.32. The molecule has 0 bridgehead atoms. The second-order valence-corrected chi connectivity index (χ2v) is 5.53. The van der Waals surface area contributed by atoms with Gasteiger partial charge in [0.15, 0.2) is 0 Å². The molecule has 0 spiro atoms. The number of rotatable bonds is 2. The first-order chi connectivity index (χ1) is 9.16. The molecule has 0 radical (unpaired) electrons. The normalized spacial score (nSPS) is 18.7. The smallest absolute Gasteiger partial charge is 0.219 e. The van der Waals surface area contributed by atoms with Crippen molar-refractivity contribution in [1.29, 1.82) is 0 Å². The van der Waals surface area contributed by atoms with Gasteiger partial charge in [-0.15, -0.1) is 0 Å². The average Bonchev–Trinajstić information content (AvgIpc) is 2.35. The van der Waals surface area contributed by atoms with E-state index in [0.717, 1.165) is 32.6 Å². The highest BCUT2D eigenvalue weighted by atomic mass is 16.2. The largest absolute Gasteiger partial charge is 0.368 e. The summed E-state index contributed by atoms with van der Waals surface area (Å²) in [5.74, 6) is 0.182. The van der Waals surface area contributed by atoms with Gasteiger partial charge < -0.3 is 15.1 Å². The first-order valence-corrected chi connectivity index (χ1v) is 6.96. The van der Waals surface area contributed by atoms with Crippen LogP contribution < -0.4 is 10.2 Å². The second kappa shape index (κ2) is 4.85. The summed E-state index contributed by atoms with van der Waals surface area (Å²) in [5.41, 5.74) is 4.21. The third kappa shape index (κ3) is 2.21. The molecule has 2 aliphatic heterocycles. The quantitative estimate of drug-likeness (QED) is 0.860. The molecule has 1 aromatic carbocycles. The van der Waals surface area contributed by atoms with E-state index in [1.807, 2.05) is 4.90 Å². The zero-order chi connectivity index (χ0) is 13.4. The SMILES string of the molecule is CC(=O)N1CC(N(C)c2cccc3c2CNCC3)C1. The van der Waals surface area contributed by atoms with Crippen molar-refractivity contribution in [3.63, 3.8) is 0 Å². The second-order valence-electron chi connectivity index (χ2n) is 5.53. The van der Waals surface area contributed by atoms with Gasteiger partial charge in [-0.05, 0) is 30.2 Å². The van der Waals surface area contributed by atoms with E-state index in [9.17, 15) is 4.79 Å². The summed E-state index contributed by atoms with van der Waals surface area (Å²) in [6.07, 6.45) is 1.11. The predicted molar refractivity (Wildman–Crippen MR) is 76.3 cm³/mol. The minimum Gasteiger partial charge on any atom is -0.368 e. The lowest BCUT2D eigenvalue weighted by Crippen LogP contribution is -2.60. The summed E-state index contributed by atoms with van der Waals surface area (Å²) in [4.78, 5) is 15.5. The van der Waals surface area contributed by atoms with Crippen molar-refractivity contribution < 1.29 is 4.79 Å². The summed E-state index contributed by atoms with van der Waals surface area (Å²) in [5, 5.41) is 3.45. The van der Waals surface area contributed by atoms with Crippen LogP contribution in [0.5, 0.6) is 0 Å². The lowest BCUT2D eigenvalue weighted by molar-refractivity contribution is -0.133. The number of likely N-dealkylation sites (N-methyl/N-ethyl adjacent to an activating group) is 1. The van der Waals surface area contributed by atoms with Crippen LogP contribution in [0.2, 0.25) is 0 Å². The van der Waals surface area contributed by atoms with Crippen LogP contribution in [0.25, 0.3) is 0 Å². The Morgan fingerprint density at radius 2 is 2.21 bits per heavy atom. The number of hydrogen-bond acceptors (Lipinski definition) is 3. The van der Waals surface area contributed by atoms with Crippen LogP contribution in [-0.4, -0.2) is 43.5 Å². The fourth-order valence-corrected chi connectivity index (χ4v) is 2.98. The fraction of sp³-hybridized carbons (Fsp3) is 0.533. The summed E-state index contributed by atoms with van der Waals surface area (Å²) < 4.78 is 0. The summed E-state index contributed by atoms with van der Waals surface area (Å²) in [7, 11) is 2.15. The van der Waals surface area contributed by atoms with Gasteiger partial charge in [0.2, 0.25) is 5.91 Å². The molecule has 1 N–H and O–H groups in total. The Morgan fingerprint density at radius 1 is 1.42 bits per heavy atom. The number of anilines is 1. The molecule has 0 saturated carbocycles. The van der Waals surface area contributed by atoms with Gasteiger partial charge in [-0.3, -0.25) is 4.79 Å². The molecule has 3 rings (SSSR count). The van der Waals surface area contributed by atoms with Gasteiger partial charge in [-0.2, -0.15) is 0 Å². The number of hydrogen-bond donors (Lipinski definition) is 1. The third-order valence-corrected chi connectivity index (χ3v) is 4.36. The van der Waals surface area contributed by atoms with E-state index in [2.05, 4.69) is 35.5 Å². The Morgan fingerprint density at radius 3 is 2.95 bits per heavy atom. The lowest BCUT2D eigenvalue weighted by Gasteiger charge is -2.45. The Hall–Kier alpha value is -1.55. The van der Waals surface area contributed by atoms with Crippen LogP contribution in [0.1, 0.15) is 18.1 Å². The van der Waals surface area contributed by atoms with E-state index < -0.39 is 0 Å². The molecule has 1 fully saturated rings. The van der Waals surface area contributed by atoms with Crippen molar-refractivity contribution in [1.82, 2.24) is 10.2 Å². The Balaban J connectivity index is 1.77. The van der Waals surface area contributed by atoms with Gasteiger partial charge in [-0.25, -0.2) is 0 Å². The number of nitrogens with zero attached hydrogens (tertiary/aromatic N) is 2. The van der Waals surface area contributed by atoms with E-state index in [1.54, 1.807) is 6.92 Å². The van der Waals surface area contributed by atoms with Crippen molar-refractivity contribution in [3.05, 3.63) is 29.3 Å². The van der Waals surface area contributed by atoms with Crippen molar-refractivity contribution >= 4 is 11.6 Å². The number of benzene rings is 1. The summed E-state index contributed by atoms with van der Waals surface area (Å²) >= 11 is 0. The van der Waals surface area contributed by atoms with E-state index in [4.69, 9.17) is 0 Å². The Labute approximate surface area is 114 Å². The van der Waals surface area contributed by atoms with Crippen LogP contribution >= 0.6 is 0 Å². The van der Waals surface area contributed by atoms with E-state index in [0.29, 0.717) is 6.04 Å². The van der Waals surface area contributed by atoms with Crippen molar-refractivity contribution in [2.45, 2.75) is 25.9 Å². The predicted octanol–water partition coefficient (Wildman–Crippen LogP) is 0.999. The van der Waals surface area contributed by atoms with Gasteiger partial charge in [0.05, 0.1) is 6.04 Å². The van der Waals surface area contributed by atoms with E-state index in [-0.39, 0.29) is 5.91 Å². The van der Waals surface area contributed by atoms with Crippen molar-refractivity contribution in [3.8, 4) is 0 Å². The van der Waals surface area contributed by atoms with Crippen LogP contribution in [0.3, 0.4) is 0 Å². The molecule has 0 aliphatic carbocycles. The number of carbonyl (C=O) groups is 1. The van der Waals surface area contributed by atoms with Gasteiger partial charge in [0, 0.05) is 39.3 Å². The minimum atomic E-state index is 0.182. The summed E-state index contributed by atoms with van der Waals surface area (Å²) in [6, 6.07) is 7.04. The fourth-order valence-electron chi connectivity index (χ4n) is 2.98. The maximum atomic E-state index is 11.3. The van der Waals surface area contributed by atoms with Gasteiger partial charge in [0.1, 0.15) is 0 Å².